The van der Waals surface area contributed by atoms with Crippen LogP contribution in [-0.2, 0) is 16.6 Å². The molecule has 1 aromatic carbocycles. The lowest BCUT2D eigenvalue weighted by Gasteiger charge is -2.22. The van der Waals surface area contributed by atoms with Gasteiger partial charge < -0.3 is 4.42 Å². The molecule has 0 fully saturated rings. The van der Waals surface area contributed by atoms with Gasteiger partial charge in [-0.3, -0.25) is 4.31 Å². The predicted molar refractivity (Wildman–Crippen MR) is 97.0 cm³/mol. The first kappa shape index (κ1) is 18.5. The molecule has 0 spiro atoms. The summed E-state index contributed by atoms with van der Waals surface area (Å²) in [7, 11) is -3.48. The maximum absolute atomic E-state index is 13.2. The number of sulfonamides is 1. The Labute approximate surface area is 154 Å². The molecule has 0 N–H and O–H groups in total. The smallest absolute Gasteiger partial charge is 0.259 e. The van der Waals surface area contributed by atoms with Crippen LogP contribution >= 0.6 is 11.3 Å². The summed E-state index contributed by atoms with van der Waals surface area (Å²) in [5, 5.41) is 8.01. The fraction of sp³-hybridized carbons (Fsp3) is 0.312. The van der Waals surface area contributed by atoms with E-state index >= 15 is 0 Å². The maximum Gasteiger partial charge on any atom is 0.259 e. The Morgan fingerprint density at radius 2 is 2.00 bits per heavy atom. The van der Waals surface area contributed by atoms with Crippen LogP contribution in [0.1, 0.15) is 30.9 Å². The lowest BCUT2D eigenvalue weighted by molar-refractivity contribution is 0.301. The van der Waals surface area contributed by atoms with Crippen molar-refractivity contribution >= 4 is 27.0 Å². The minimum Gasteiger partial charge on any atom is -0.417 e. The van der Waals surface area contributed by atoms with E-state index < -0.39 is 16.2 Å². The third-order valence-corrected chi connectivity index (χ3v) is 6.28. The third kappa shape index (κ3) is 3.91. The molecule has 138 valence electrons. The van der Waals surface area contributed by atoms with E-state index in [4.69, 9.17) is 4.42 Å². The van der Waals surface area contributed by atoms with Gasteiger partial charge in [-0.25, -0.2) is 17.8 Å². The van der Waals surface area contributed by atoms with E-state index in [2.05, 4.69) is 15.2 Å². The molecule has 1 atom stereocenters. The fourth-order valence-corrected chi connectivity index (χ4v) is 4.18. The number of benzene rings is 1. The van der Waals surface area contributed by atoms with Crippen molar-refractivity contribution in [1.82, 2.24) is 15.2 Å². The van der Waals surface area contributed by atoms with E-state index in [1.54, 1.807) is 31.2 Å². The van der Waals surface area contributed by atoms with Crippen LogP contribution in [-0.4, -0.2) is 29.4 Å². The zero-order valence-electron chi connectivity index (χ0n) is 14.2. The first-order valence-corrected chi connectivity index (χ1v) is 10.3. The summed E-state index contributed by atoms with van der Waals surface area (Å²) in [5.41, 5.74) is 0.567. The van der Waals surface area contributed by atoms with Crippen molar-refractivity contribution in [2.75, 3.05) is 10.1 Å². The first-order valence-electron chi connectivity index (χ1n) is 7.88. The van der Waals surface area contributed by atoms with E-state index in [0.717, 1.165) is 0 Å². The Kier molecular flexibility index (Phi) is 5.33. The predicted octanol–water partition coefficient (Wildman–Crippen LogP) is 3.58. The molecule has 0 bridgehead atoms. The van der Waals surface area contributed by atoms with Gasteiger partial charge in [-0.15, -0.1) is 21.5 Å². The highest BCUT2D eigenvalue weighted by molar-refractivity contribution is 7.92. The molecule has 0 radical (unpaired) electrons. The normalized spacial score (nSPS) is 12.9. The van der Waals surface area contributed by atoms with Gasteiger partial charge in [0.25, 0.3) is 11.8 Å². The Balaban J connectivity index is 1.87. The standard InChI is InChI=1S/C16H17FN4O3S2/c1-3-26(22,23)21(12-7-5-4-6-8-12)10-14-18-9-13(25-14)16-20-19-15(24-16)11(2)17/h4-9,11H,3,10H2,1-2H3. The van der Waals surface area contributed by atoms with Crippen LogP contribution in [0.15, 0.2) is 40.9 Å². The number of rotatable bonds is 7. The summed E-state index contributed by atoms with van der Waals surface area (Å²) in [4.78, 5) is 4.81. The van der Waals surface area contributed by atoms with Crippen LogP contribution in [0.3, 0.4) is 0 Å². The molecule has 1 unspecified atom stereocenters. The van der Waals surface area contributed by atoms with Crippen LogP contribution in [0.2, 0.25) is 0 Å². The van der Waals surface area contributed by atoms with E-state index in [-0.39, 0.29) is 24.1 Å². The van der Waals surface area contributed by atoms with Crippen LogP contribution in [0.5, 0.6) is 0 Å². The van der Waals surface area contributed by atoms with Crippen LogP contribution < -0.4 is 4.31 Å². The molecule has 0 saturated carbocycles. The van der Waals surface area contributed by atoms with Crippen molar-refractivity contribution in [3.05, 3.63) is 47.4 Å². The number of hydrogen-bond acceptors (Lipinski definition) is 7. The molecule has 2 heterocycles. The fourth-order valence-electron chi connectivity index (χ4n) is 2.20. The van der Waals surface area contributed by atoms with Crippen LogP contribution in [0, 0.1) is 0 Å². The highest BCUT2D eigenvalue weighted by atomic mass is 32.2. The van der Waals surface area contributed by atoms with Crippen molar-refractivity contribution < 1.29 is 17.2 Å². The lowest BCUT2D eigenvalue weighted by atomic mass is 10.3. The van der Waals surface area contributed by atoms with Gasteiger partial charge in [0, 0.05) is 0 Å². The maximum atomic E-state index is 13.2. The van der Waals surface area contributed by atoms with Gasteiger partial charge in [0.2, 0.25) is 10.0 Å². The summed E-state index contributed by atoms with van der Waals surface area (Å²) >= 11 is 1.22. The van der Waals surface area contributed by atoms with E-state index in [9.17, 15) is 12.8 Å². The molecule has 7 nitrogen and oxygen atoms in total. The van der Waals surface area contributed by atoms with Crippen molar-refractivity contribution in [2.24, 2.45) is 0 Å². The second kappa shape index (κ2) is 7.50. The van der Waals surface area contributed by atoms with Gasteiger partial charge in [0.1, 0.15) is 9.88 Å². The van der Waals surface area contributed by atoms with Crippen molar-refractivity contribution in [1.29, 1.82) is 0 Å². The molecule has 3 aromatic rings. The second-order valence-corrected chi connectivity index (χ2v) is 8.72. The summed E-state index contributed by atoms with van der Waals surface area (Å²) in [5.74, 6) is 0.0360. The Morgan fingerprint density at radius 1 is 1.27 bits per heavy atom. The molecule has 0 aliphatic rings. The van der Waals surface area contributed by atoms with Gasteiger partial charge in [0.05, 0.1) is 24.2 Å². The molecule has 26 heavy (non-hydrogen) atoms. The highest BCUT2D eigenvalue weighted by Gasteiger charge is 2.23. The second-order valence-electron chi connectivity index (χ2n) is 5.42. The topological polar surface area (TPSA) is 89.2 Å². The molecule has 3 rings (SSSR count). The van der Waals surface area contributed by atoms with Crippen molar-refractivity contribution in [3.63, 3.8) is 0 Å². The number of anilines is 1. The van der Waals surface area contributed by atoms with Gasteiger partial charge in [0.15, 0.2) is 6.17 Å². The number of alkyl halides is 1. The molecule has 0 aliphatic heterocycles. The third-order valence-electron chi connectivity index (χ3n) is 3.57. The summed E-state index contributed by atoms with van der Waals surface area (Å²) in [6, 6.07) is 8.84. The average molecular weight is 396 g/mol. The zero-order valence-corrected chi connectivity index (χ0v) is 15.8. The molecular formula is C16H17FN4O3S2. The Morgan fingerprint density at radius 3 is 2.62 bits per heavy atom. The SMILES string of the molecule is CCS(=O)(=O)N(Cc1ncc(-c2nnc(C(C)F)o2)s1)c1ccccc1. The van der Waals surface area contributed by atoms with E-state index in [1.807, 2.05) is 6.07 Å². The van der Waals surface area contributed by atoms with E-state index in [0.29, 0.717) is 15.6 Å². The average Bonchev–Trinajstić information content (AvgIpc) is 3.29. The molecule has 10 heteroatoms. The number of thiazole rings is 1. The van der Waals surface area contributed by atoms with Gasteiger partial charge in [-0.1, -0.05) is 18.2 Å². The molecule has 0 aliphatic carbocycles. The summed E-state index contributed by atoms with van der Waals surface area (Å²) in [6.45, 7) is 2.99. The zero-order chi connectivity index (χ0) is 18.7. The number of para-hydroxylation sites is 1. The monoisotopic (exact) mass is 396 g/mol. The minimum absolute atomic E-state index is 0.0263. The van der Waals surface area contributed by atoms with Crippen molar-refractivity contribution in [2.45, 2.75) is 26.6 Å². The van der Waals surface area contributed by atoms with Gasteiger partial charge in [-0.2, -0.15) is 0 Å². The number of nitrogens with zero attached hydrogens (tertiary/aromatic N) is 4. The van der Waals surface area contributed by atoms with Crippen LogP contribution in [0.25, 0.3) is 10.8 Å². The van der Waals surface area contributed by atoms with Crippen molar-refractivity contribution in [3.8, 4) is 10.8 Å². The largest absolute Gasteiger partial charge is 0.417 e. The first-order chi connectivity index (χ1) is 12.4. The molecule has 0 saturated heterocycles. The molecular weight excluding hydrogens is 379 g/mol. The molecule has 0 amide bonds. The molecule has 2 aromatic heterocycles. The quantitative estimate of drug-likeness (QED) is 0.606. The minimum atomic E-state index is -3.48. The van der Waals surface area contributed by atoms with E-state index in [1.165, 1.54) is 28.8 Å². The lowest BCUT2D eigenvalue weighted by Crippen LogP contribution is -2.31. The van der Waals surface area contributed by atoms with Crippen LogP contribution in [0.4, 0.5) is 10.1 Å². The van der Waals surface area contributed by atoms with Gasteiger partial charge in [-0.05, 0) is 26.0 Å². The number of hydrogen-bond donors (Lipinski definition) is 0. The summed E-state index contributed by atoms with van der Waals surface area (Å²) < 4.78 is 44.8. The summed E-state index contributed by atoms with van der Waals surface area (Å²) in [6.07, 6.45) is 0.161. The number of halogens is 1. The highest BCUT2D eigenvalue weighted by Crippen LogP contribution is 2.29. The van der Waals surface area contributed by atoms with Gasteiger partial charge >= 0.3 is 0 Å². The Hall–Kier alpha value is -2.33. The Bertz CT molecular complexity index is 970. The number of aromatic nitrogens is 3.